The fraction of sp³-hybridized carbons (Fsp3) is 0.450. The molecule has 1 heterocycles. The lowest BCUT2D eigenvalue weighted by molar-refractivity contribution is 0.0999. The highest BCUT2D eigenvalue weighted by Crippen LogP contribution is 2.28. The van der Waals surface area contributed by atoms with Gasteiger partial charge in [-0.05, 0) is 61.2 Å². The molecular formula is C20H26N2O. The van der Waals surface area contributed by atoms with E-state index < -0.39 is 0 Å². The Morgan fingerprint density at radius 2 is 2.09 bits per heavy atom. The predicted octanol–water partition coefficient (Wildman–Crippen LogP) is 3.75. The summed E-state index contributed by atoms with van der Waals surface area (Å²) in [5, 5.41) is 2.36. The number of hydrogen-bond acceptors (Lipinski definition) is 2. The van der Waals surface area contributed by atoms with Gasteiger partial charge in [0.05, 0.1) is 0 Å². The first-order chi connectivity index (χ1) is 11.2. The molecule has 3 rings (SSSR count). The Balaban J connectivity index is 1.94. The number of likely N-dealkylation sites (tertiary alicyclic amines) is 1. The minimum atomic E-state index is -0.316. The first-order valence-electron chi connectivity index (χ1n) is 8.75. The van der Waals surface area contributed by atoms with Crippen molar-refractivity contribution in [3.8, 4) is 0 Å². The van der Waals surface area contributed by atoms with Gasteiger partial charge in [-0.15, -0.1) is 0 Å². The summed E-state index contributed by atoms with van der Waals surface area (Å²) in [6.45, 7) is 4.58. The van der Waals surface area contributed by atoms with Crippen molar-refractivity contribution in [1.82, 2.24) is 4.90 Å². The zero-order valence-corrected chi connectivity index (χ0v) is 13.9. The van der Waals surface area contributed by atoms with Gasteiger partial charge in [-0.25, -0.2) is 0 Å². The molecule has 0 bridgehead atoms. The van der Waals surface area contributed by atoms with E-state index in [1.165, 1.54) is 43.0 Å². The van der Waals surface area contributed by atoms with Gasteiger partial charge in [0, 0.05) is 11.6 Å². The van der Waals surface area contributed by atoms with Crippen LogP contribution < -0.4 is 5.73 Å². The third kappa shape index (κ3) is 3.40. The Hall–Kier alpha value is -1.87. The Morgan fingerprint density at radius 3 is 2.87 bits per heavy atom. The van der Waals surface area contributed by atoms with E-state index in [1.807, 2.05) is 24.3 Å². The van der Waals surface area contributed by atoms with E-state index in [-0.39, 0.29) is 5.91 Å². The summed E-state index contributed by atoms with van der Waals surface area (Å²) < 4.78 is 0. The molecule has 1 atom stereocenters. The van der Waals surface area contributed by atoms with Crippen LogP contribution in [0.1, 0.15) is 48.5 Å². The van der Waals surface area contributed by atoms with Crippen LogP contribution in [-0.2, 0) is 6.42 Å². The van der Waals surface area contributed by atoms with Crippen LogP contribution >= 0.6 is 0 Å². The molecule has 1 saturated heterocycles. The number of nitrogens with zero attached hydrogens (tertiary/aromatic N) is 1. The Labute approximate surface area is 138 Å². The van der Waals surface area contributed by atoms with Crippen LogP contribution in [-0.4, -0.2) is 29.9 Å². The fourth-order valence-corrected chi connectivity index (χ4v) is 3.80. The van der Waals surface area contributed by atoms with Crippen molar-refractivity contribution in [3.63, 3.8) is 0 Å². The molecule has 0 aromatic heterocycles. The van der Waals surface area contributed by atoms with E-state index in [2.05, 4.69) is 24.0 Å². The molecule has 3 nitrogen and oxygen atoms in total. The standard InChI is InChI=1S/C20H26N2O/c1-2-3-12-22-13-6-8-16(22)14-19-17-9-5-4-7-15(17)10-11-18(19)20(21)23/h4-5,7,9-11,16H,2-3,6,8,12-14H2,1H3,(H2,21,23). The minimum absolute atomic E-state index is 0.316. The van der Waals surface area contributed by atoms with Crippen LogP contribution in [0.2, 0.25) is 0 Å². The lowest BCUT2D eigenvalue weighted by atomic mass is 9.92. The highest BCUT2D eigenvalue weighted by atomic mass is 16.1. The molecule has 1 aliphatic rings. The van der Waals surface area contributed by atoms with E-state index in [1.54, 1.807) is 0 Å². The largest absolute Gasteiger partial charge is 0.366 e. The first kappa shape index (κ1) is 16.0. The topological polar surface area (TPSA) is 46.3 Å². The first-order valence-corrected chi connectivity index (χ1v) is 8.75. The number of nitrogens with two attached hydrogens (primary N) is 1. The van der Waals surface area contributed by atoms with Gasteiger partial charge in [-0.3, -0.25) is 4.79 Å². The molecule has 1 unspecified atom stereocenters. The van der Waals surface area contributed by atoms with Crippen LogP contribution in [0.4, 0.5) is 0 Å². The highest BCUT2D eigenvalue weighted by Gasteiger charge is 2.26. The summed E-state index contributed by atoms with van der Waals surface area (Å²) in [6.07, 6.45) is 5.86. The van der Waals surface area contributed by atoms with Crippen LogP contribution in [0.25, 0.3) is 10.8 Å². The Kier molecular flexibility index (Phi) is 4.97. The maximum absolute atomic E-state index is 11.9. The van der Waals surface area contributed by atoms with Crippen LogP contribution in [0.15, 0.2) is 36.4 Å². The summed E-state index contributed by atoms with van der Waals surface area (Å²) in [5.74, 6) is -0.316. The molecule has 0 aliphatic carbocycles. The van der Waals surface area contributed by atoms with Gasteiger partial charge in [0.25, 0.3) is 0 Å². The van der Waals surface area contributed by atoms with Crippen molar-refractivity contribution < 1.29 is 4.79 Å². The zero-order chi connectivity index (χ0) is 16.2. The van der Waals surface area contributed by atoms with E-state index >= 15 is 0 Å². The minimum Gasteiger partial charge on any atom is -0.366 e. The molecule has 2 aromatic carbocycles. The van der Waals surface area contributed by atoms with Gasteiger partial charge in [-0.1, -0.05) is 43.7 Å². The maximum atomic E-state index is 11.9. The van der Waals surface area contributed by atoms with Gasteiger partial charge in [0.2, 0.25) is 5.91 Å². The van der Waals surface area contributed by atoms with Crippen LogP contribution in [0, 0.1) is 0 Å². The van der Waals surface area contributed by atoms with E-state index in [0.29, 0.717) is 11.6 Å². The molecule has 2 aromatic rings. The van der Waals surface area contributed by atoms with Crippen LogP contribution in [0.5, 0.6) is 0 Å². The molecular weight excluding hydrogens is 284 g/mol. The molecule has 122 valence electrons. The summed E-state index contributed by atoms with van der Waals surface area (Å²) >= 11 is 0. The number of benzene rings is 2. The van der Waals surface area contributed by atoms with Gasteiger partial charge < -0.3 is 10.6 Å². The van der Waals surface area contributed by atoms with Crippen molar-refractivity contribution in [2.75, 3.05) is 13.1 Å². The van der Waals surface area contributed by atoms with Gasteiger partial charge in [0.1, 0.15) is 0 Å². The SMILES string of the molecule is CCCCN1CCCC1Cc1c(C(N)=O)ccc2ccccc12. The zero-order valence-electron chi connectivity index (χ0n) is 13.9. The van der Waals surface area contributed by atoms with Crippen molar-refractivity contribution in [2.24, 2.45) is 5.73 Å². The van der Waals surface area contributed by atoms with E-state index in [4.69, 9.17) is 5.73 Å². The average Bonchev–Trinajstić information content (AvgIpc) is 3.00. The second kappa shape index (κ2) is 7.14. The number of primary amides is 1. The van der Waals surface area contributed by atoms with E-state index in [0.717, 1.165) is 18.5 Å². The number of rotatable bonds is 6. The van der Waals surface area contributed by atoms with Gasteiger partial charge in [0.15, 0.2) is 0 Å². The lowest BCUT2D eigenvalue weighted by Crippen LogP contribution is -2.32. The molecule has 2 N–H and O–H groups in total. The molecule has 1 aliphatic heterocycles. The number of unbranched alkanes of at least 4 members (excludes halogenated alkanes) is 1. The second-order valence-electron chi connectivity index (χ2n) is 6.57. The van der Waals surface area contributed by atoms with Crippen molar-refractivity contribution in [1.29, 1.82) is 0 Å². The van der Waals surface area contributed by atoms with Crippen molar-refractivity contribution in [2.45, 2.75) is 45.1 Å². The summed E-state index contributed by atoms with van der Waals surface area (Å²) in [7, 11) is 0. The Morgan fingerprint density at radius 1 is 1.26 bits per heavy atom. The maximum Gasteiger partial charge on any atom is 0.248 e. The summed E-state index contributed by atoms with van der Waals surface area (Å²) in [4.78, 5) is 14.5. The smallest absolute Gasteiger partial charge is 0.248 e. The number of fused-ring (bicyclic) bond motifs is 1. The summed E-state index contributed by atoms with van der Waals surface area (Å²) in [6, 6.07) is 12.7. The van der Waals surface area contributed by atoms with Gasteiger partial charge >= 0.3 is 0 Å². The third-order valence-corrected chi connectivity index (χ3v) is 5.04. The molecule has 0 radical (unpaired) electrons. The number of amides is 1. The number of hydrogen-bond donors (Lipinski definition) is 1. The molecule has 1 amide bonds. The molecule has 1 fully saturated rings. The fourth-order valence-electron chi connectivity index (χ4n) is 3.80. The quantitative estimate of drug-likeness (QED) is 0.883. The lowest BCUT2D eigenvalue weighted by Gasteiger charge is -2.25. The third-order valence-electron chi connectivity index (χ3n) is 5.04. The molecule has 23 heavy (non-hydrogen) atoms. The van der Waals surface area contributed by atoms with E-state index in [9.17, 15) is 4.79 Å². The number of carbonyl (C=O) groups is 1. The van der Waals surface area contributed by atoms with Crippen molar-refractivity contribution in [3.05, 3.63) is 47.5 Å². The average molecular weight is 310 g/mol. The monoisotopic (exact) mass is 310 g/mol. The highest BCUT2D eigenvalue weighted by molar-refractivity contribution is 6.00. The normalized spacial score (nSPS) is 18.6. The second-order valence-corrected chi connectivity index (χ2v) is 6.57. The summed E-state index contributed by atoms with van der Waals surface area (Å²) in [5.41, 5.74) is 7.46. The van der Waals surface area contributed by atoms with Crippen LogP contribution in [0.3, 0.4) is 0 Å². The number of carbonyl (C=O) groups excluding carboxylic acids is 1. The molecule has 0 spiro atoms. The molecule has 3 heteroatoms. The van der Waals surface area contributed by atoms with Gasteiger partial charge in [-0.2, -0.15) is 0 Å². The molecule has 0 saturated carbocycles. The van der Waals surface area contributed by atoms with Crippen molar-refractivity contribution >= 4 is 16.7 Å². The Bertz CT molecular complexity index is 695. The predicted molar refractivity (Wildman–Crippen MR) is 95.7 cm³/mol.